The number of carbonyl (C=O) groups excluding carboxylic acids is 2. The number of aromatic nitrogens is 1. The second-order valence-corrected chi connectivity index (χ2v) is 8.09. The molecule has 0 radical (unpaired) electrons. The van der Waals surface area contributed by atoms with Crippen LogP contribution in [-0.2, 0) is 11.3 Å². The molecular weight excluding hydrogens is 396 g/mol. The molecule has 0 spiro atoms. The fraction of sp³-hybridized carbons (Fsp3) is 0.435. The van der Waals surface area contributed by atoms with Crippen LogP contribution in [0.25, 0.3) is 0 Å². The van der Waals surface area contributed by atoms with Gasteiger partial charge in [0.05, 0.1) is 6.61 Å². The van der Waals surface area contributed by atoms with E-state index in [9.17, 15) is 14.4 Å². The molecule has 164 valence electrons. The Bertz CT molecular complexity index is 1000. The normalized spacial score (nSPS) is 19.3. The van der Waals surface area contributed by atoms with Crippen molar-refractivity contribution in [1.82, 2.24) is 14.8 Å². The summed E-state index contributed by atoms with van der Waals surface area (Å²) in [5, 5.41) is 5.68. The quantitative estimate of drug-likeness (QED) is 0.745. The molecule has 4 rings (SSSR count). The predicted octanol–water partition coefficient (Wildman–Crippen LogP) is 2.40. The van der Waals surface area contributed by atoms with Crippen LogP contribution in [0.3, 0.4) is 0 Å². The summed E-state index contributed by atoms with van der Waals surface area (Å²) in [6.45, 7) is 4.64. The highest BCUT2D eigenvalue weighted by Gasteiger charge is 2.36. The minimum Gasteiger partial charge on any atom is -0.494 e. The molecule has 3 heterocycles. The van der Waals surface area contributed by atoms with Crippen LogP contribution >= 0.6 is 0 Å². The molecule has 0 aliphatic carbocycles. The summed E-state index contributed by atoms with van der Waals surface area (Å²) in [6.07, 6.45) is 1.19. The Morgan fingerprint density at radius 3 is 2.68 bits per heavy atom. The van der Waals surface area contributed by atoms with Crippen LogP contribution in [-0.4, -0.2) is 47.6 Å². The molecule has 2 aliphatic heterocycles. The van der Waals surface area contributed by atoms with Crippen molar-refractivity contribution in [2.75, 3.05) is 31.6 Å². The van der Waals surface area contributed by atoms with E-state index in [-0.39, 0.29) is 42.3 Å². The number of fused-ring (bicyclic) bond motifs is 4. The molecule has 1 aromatic carbocycles. The number of anilines is 1. The van der Waals surface area contributed by atoms with Crippen LogP contribution in [0.5, 0.6) is 5.75 Å². The van der Waals surface area contributed by atoms with Crippen molar-refractivity contribution in [2.24, 2.45) is 5.92 Å². The maximum atomic E-state index is 12.6. The molecule has 1 saturated heterocycles. The maximum Gasteiger partial charge on any atom is 0.317 e. The van der Waals surface area contributed by atoms with E-state index in [1.54, 1.807) is 36.4 Å². The largest absolute Gasteiger partial charge is 0.494 e. The molecule has 0 saturated carbocycles. The molecule has 8 nitrogen and oxygen atoms in total. The minimum absolute atomic E-state index is 0.0312. The highest BCUT2D eigenvalue weighted by Crippen LogP contribution is 2.34. The first kappa shape index (κ1) is 21.0. The molecule has 1 fully saturated rings. The summed E-state index contributed by atoms with van der Waals surface area (Å²) in [7, 11) is 0. The van der Waals surface area contributed by atoms with Gasteiger partial charge in [0.1, 0.15) is 5.75 Å². The van der Waals surface area contributed by atoms with Crippen molar-refractivity contribution in [3.63, 3.8) is 0 Å². The Hall–Kier alpha value is -3.29. The number of nitrogens with zero attached hydrogens (tertiary/aromatic N) is 2. The number of urea groups is 1. The Labute approximate surface area is 181 Å². The maximum absolute atomic E-state index is 12.6. The molecule has 2 aliphatic rings. The Morgan fingerprint density at radius 2 is 1.90 bits per heavy atom. The van der Waals surface area contributed by atoms with Crippen LogP contribution in [0, 0.1) is 5.92 Å². The first-order valence-corrected chi connectivity index (χ1v) is 10.8. The van der Waals surface area contributed by atoms with Crippen LogP contribution in [0.2, 0.25) is 0 Å². The summed E-state index contributed by atoms with van der Waals surface area (Å²) < 4.78 is 7.23. The Morgan fingerprint density at radius 1 is 1.10 bits per heavy atom. The number of piperidine rings is 1. The van der Waals surface area contributed by atoms with Crippen molar-refractivity contribution in [3.05, 3.63) is 58.5 Å². The third-order valence-electron chi connectivity index (χ3n) is 5.84. The van der Waals surface area contributed by atoms with E-state index in [1.807, 2.05) is 22.5 Å². The number of hydrogen-bond acceptors (Lipinski definition) is 4. The molecule has 2 atom stereocenters. The summed E-state index contributed by atoms with van der Waals surface area (Å²) in [5.74, 6) is 1.05. The van der Waals surface area contributed by atoms with Crippen molar-refractivity contribution in [1.29, 1.82) is 0 Å². The standard InChI is InChI=1S/C23H28N4O4/c1-2-31-19-8-6-18(7-9-19)25-21(28)10-11-24-23(30)26-13-16-12-17(15-26)20-4-3-5-22(29)27(20)14-16/h3-9,16-17H,2,10-15H2,1H3,(H,24,30)(H,25,28)/t16-,17-/m1/s1. The monoisotopic (exact) mass is 424 g/mol. The summed E-state index contributed by atoms with van der Waals surface area (Å²) in [5.41, 5.74) is 1.73. The zero-order valence-corrected chi connectivity index (χ0v) is 17.7. The van der Waals surface area contributed by atoms with Crippen LogP contribution in [0.4, 0.5) is 10.5 Å². The number of amides is 3. The van der Waals surface area contributed by atoms with Crippen LogP contribution in [0.1, 0.15) is 31.4 Å². The second-order valence-electron chi connectivity index (χ2n) is 8.09. The third kappa shape index (κ3) is 4.90. The number of carbonyl (C=O) groups is 2. The van der Waals surface area contributed by atoms with Gasteiger partial charge < -0.3 is 24.8 Å². The van der Waals surface area contributed by atoms with Gasteiger partial charge in [-0.3, -0.25) is 9.59 Å². The lowest BCUT2D eigenvalue weighted by Gasteiger charge is -2.42. The Kier molecular flexibility index (Phi) is 6.25. The average Bonchev–Trinajstić information content (AvgIpc) is 2.76. The number of likely N-dealkylation sites (tertiary alicyclic amines) is 1. The van der Waals surface area contributed by atoms with Gasteiger partial charge in [-0.05, 0) is 49.6 Å². The zero-order chi connectivity index (χ0) is 21.8. The van der Waals surface area contributed by atoms with Crippen LogP contribution in [0.15, 0.2) is 47.3 Å². The van der Waals surface area contributed by atoms with Gasteiger partial charge in [-0.15, -0.1) is 0 Å². The van der Waals surface area contributed by atoms with Gasteiger partial charge in [-0.25, -0.2) is 4.79 Å². The number of pyridine rings is 1. The first-order chi connectivity index (χ1) is 15.0. The topological polar surface area (TPSA) is 92.7 Å². The minimum atomic E-state index is -0.159. The van der Waals surface area contributed by atoms with E-state index in [0.29, 0.717) is 31.9 Å². The molecular formula is C23H28N4O4. The van der Waals surface area contributed by atoms with Gasteiger partial charge >= 0.3 is 6.03 Å². The zero-order valence-electron chi connectivity index (χ0n) is 17.7. The molecule has 2 aromatic rings. The second kappa shape index (κ2) is 9.24. The van der Waals surface area contributed by atoms with Crippen molar-refractivity contribution < 1.29 is 14.3 Å². The van der Waals surface area contributed by atoms with Crippen molar-refractivity contribution >= 4 is 17.6 Å². The van der Waals surface area contributed by atoms with Gasteiger partial charge in [-0.1, -0.05) is 6.07 Å². The predicted molar refractivity (Wildman–Crippen MR) is 117 cm³/mol. The fourth-order valence-electron chi connectivity index (χ4n) is 4.48. The summed E-state index contributed by atoms with van der Waals surface area (Å²) in [6, 6.07) is 12.4. The lowest BCUT2D eigenvalue weighted by molar-refractivity contribution is -0.116. The fourth-order valence-corrected chi connectivity index (χ4v) is 4.48. The van der Waals surface area contributed by atoms with Gasteiger partial charge in [0.2, 0.25) is 5.91 Å². The molecule has 0 unspecified atom stereocenters. The Balaban J connectivity index is 1.25. The molecule has 2 bridgehead atoms. The molecule has 1 aromatic heterocycles. The SMILES string of the molecule is CCOc1ccc(NC(=O)CCNC(=O)N2C[C@H]3C[C@H](C2)c2cccc(=O)n2C3)cc1. The highest BCUT2D eigenvalue weighted by molar-refractivity contribution is 5.91. The molecule has 8 heteroatoms. The van der Waals surface area contributed by atoms with Crippen molar-refractivity contribution in [2.45, 2.75) is 32.2 Å². The molecule has 3 amide bonds. The number of nitrogens with one attached hydrogen (secondary N) is 2. The van der Waals surface area contributed by atoms with E-state index >= 15 is 0 Å². The first-order valence-electron chi connectivity index (χ1n) is 10.8. The molecule has 31 heavy (non-hydrogen) atoms. The van der Waals surface area contributed by atoms with E-state index < -0.39 is 0 Å². The third-order valence-corrected chi connectivity index (χ3v) is 5.84. The smallest absolute Gasteiger partial charge is 0.317 e. The highest BCUT2D eigenvalue weighted by atomic mass is 16.5. The summed E-state index contributed by atoms with van der Waals surface area (Å²) >= 11 is 0. The summed E-state index contributed by atoms with van der Waals surface area (Å²) in [4.78, 5) is 38.7. The molecule has 2 N–H and O–H groups in total. The van der Waals surface area contributed by atoms with E-state index in [0.717, 1.165) is 17.9 Å². The van der Waals surface area contributed by atoms with Crippen molar-refractivity contribution in [3.8, 4) is 5.75 Å². The number of rotatable bonds is 6. The lowest BCUT2D eigenvalue weighted by atomic mass is 9.83. The number of hydrogen-bond donors (Lipinski definition) is 2. The van der Waals surface area contributed by atoms with E-state index in [1.165, 1.54) is 0 Å². The van der Waals surface area contributed by atoms with Gasteiger partial charge in [0, 0.05) is 56.0 Å². The van der Waals surface area contributed by atoms with Gasteiger partial charge in [0.15, 0.2) is 0 Å². The van der Waals surface area contributed by atoms with E-state index in [2.05, 4.69) is 10.6 Å². The number of benzene rings is 1. The average molecular weight is 425 g/mol. The van der Waals surface area contributed by atoms with E-state index in [4.69, 9.17) is 4.74 Å². The van der Waals surface area contributed by atoms with Gasteiger partial charge in [0.25, 0.3) is 5.56 Å². The lowest BCUT2D eigenvalue weighted by Crippen LogP contribution is -2.52. The van der Waals surface area contributed by atoms with Gasteiger partial charge in [-0.2, -0.15) is 0 Å². The van der Waals surface area contributed by atoms with Crippen LogP contribution < -0.4 is 20.9 Å². The number of ether oxygens (including phenoxy) is 1.